The predicted molar refractivity (Wildman–Crippen MR) is 86.9 cm³/mol. The maximum absolute atomic E-state index is 11.6. The molecule has 0 aliphatic carbocycles. The molecule has 0 aliphatic heterocycles. The molecule has 0 heterocycles. The lowest BCUT2D eigenvalue weighted by Crippen LogP contribution is -2.46. The van der Waals surface area contributed by atoms with E-state index in [0.717, 1.165) is 0 Å². The normalized spacial score (nSPS) is 12.6. The summed E-state index contributed by atoms with van der Waals surface area (Å²) in [6.45, 7) is 4.81. The molecule has 1 rings (SSSR count). The van der Waals surface area contributed by atoms with Crippen LogP contribution in [0.5, 0.6) is 0 Å². The first-order valence-electron chi connectivity index (χ1n) is 6.83. The Morgan fingerprint density at radius 1 is 1.26 bits per heavy atom. The van der Waals surface area contributed by atoms with Crippen LogP contribution in [0.1, 0.15) is 26.3 Å². The summed E-state index contributed by atoms with van der Waals surface area (Å²) in [4.78, 5) is 22.8. The molecule has 23 heavy (non-hydrogen) atoms. The number of aliphatic carboxylic acids is 1. The number of benzene rings is 1. The minimum Gasteiger partial charge on any atom is -0.480 e. The van der Waals surface area contributed by atoms with Crippen molar-refractivity contribution in [2.75, 3.05) is 6.61 Å². The maximum Gasteiger partial charge on any atom is 0.408 e. The molecule has 0 fully saturated rings. The fourth-order valence-corrected chi connectivity index (χ4v) is 2.08. The van der Waals surface area contributed by atoms with Crippen molar-refractivity contribution >= 4 is 35.3 Å². The van der Waals surface area contributed by atoms with Crippen LogP contribution >= 0.6 is 23.2 Å². The van der Waals surface area contributed by atoms with Gasteiger partial charge < -0.3 is 19.9 Å². The smallest absolute Gasteiger partial charge is 0.408 e. The second kappa shape index (κ2) is 8.38. The van der Waals surface area contributed by atoms with Gasteiger partial charge in [0.15, 0.2) is 6.04 Å². The number of hydrogen-bond acceptors (Lipinski definition) is 4. The summed E-state index contributed by atoms with van der Waals surface area (Å²) in [5.74, 6) is -1.24. The maximum atomic E-state index is 11.6. The van der Waals surface area contributed by atoms with Crippen LogP contribution in [-0.4, -0.2) is 35.4 Å². The Morgan fingerprint density at radius 3 is 2.30 bits per heavy atom. The Labute approximate surface area is 144 Å². The number of hydrogen-bond donors (Lipinski definition) is 2. The van der Waals surface area contributed by atoms with E-state index >= 15 is 0 Å². The minimum absolute atomic E-state index is 0.0261. The first-order valence-corrected chi connectivity index (χ1v) is 7.58. The van der Waals surface area contributed by atoms with Crippen molar-refractivity contribution < 1.29 is 24.2 Å². The molecule has 1 aromatic carbocycles. The summed E-state index contributed by atoms with van der Waals surface area (Å²) in [6, 6.07) is 3.75. The zero-order valence-electron chi connectivity index (χ0n) is 13.1. The largest absolute Gasteiger partial charge is 0.480 e. The van der Waals surface area contributed by atoms with Gasteiger partial charge in [-0.15, -0.1) is 0 Å². The highest BCUT2D eigenvalue weighted by molar-refractivity contribution is 6.35. The minimum atomic E-state index is -1.24. The van der Waals surface area contributed by atoms with Crippen LogP contribution in [0.4, 0.5) is 4.79 Å². The molecule has 8 heteroatoms. The number of halogens is 2. The van der Waals surface area contributed by atoms with E-state index < -0.39 is 23.7 Å². The molecule has 6 nitrogen and oxygen atoms in total. The molecule has 1 atom stereocenters. The summed E-state index contributed by atoms with van der Waals surface area (Å²) < 4.78 is 10.3. The predicted octanol–water partition coefficient (Wildman–Crippen LogP) is 3.49. The van der Waals surface area contributed by atoms with E-state index in [0.29, 0.717) is 15.6 Å². The summed E-state index contributed by atoms with van der Waals surface area (Å²) >= 11 is 12.0. The van der Waals surface area contributed by atoms with Crippen molar-refractivity contribution in [3.8, 4) is 0 Å². The van der Waals surface area contributed by atoms with Crippen LogP contribution in [0.25, 0.3) is 0 Å². The molecule has 128 valence electrons. The van der Waals surface area contributed by atoms with Crippen molar-refractivity contribution in [2.24, 2.45) is 0 Å². The molecule has 1 amide bonds. The Kier molecular flexibility index (Phi) is 7.12. The highest BCUT2D eigenvalue weighted by atomic mass is 35.5. The Balaban J connectivity index is 2.57. The Hall–Kier alpha value is -1.50. The first kappa shape index (κ1) is 19.5. The Morgan fingerprint density at radius 2 is 1.83 bits per heavy atom. The quantitative estimate of drug-likeness (QED) is 0.807. The zero-order valence-corrected chi connectivity index (χ0v) is 14.6. The van der Waals surface area contributed by atoms with Gasteiger partial charge in [0.1, 0.15) is 5.60 Å². The van der Waals surface area contributed by atoms with Crippen LogP contribution in [0.2, 0.25) is 10.0 Å². The summed E-state index contributed by atoms with van der Waals surface area (Å²) in [5, 5.41) is 12.2. The third-order valence-electron chi connectivity index (χ3n) is 2.58. The average molecular weight is 364 g/mol. The highest BCUT2D eigenvalue weighted by Gasteiger charge is 2.24. The number of alkyl carbamates (subject to hydrolysis) is 1. The summed E-state index contributed by atoms with van der Waals surface area (Å²) in [6.07, 6.45) is -0.829. The van der Waals surface area contributed by atoms with Crippen molar-refractivity contribution in [1.29, 1.82) is 0 Å². The fraction of sp³-hybridized carbons (Fsp3) is 0.467. The van der Waals surface area contributed by atoms with Crippen LogP contribution in [0.15, 0.2) is 18.2 Å². The fourth-order valence-electron chi connectivity index (χ4n) is 1.57. The summed E-state index contributed by atoms with van der Waals surface area (Å²) in [5.41, 5.74) is -0.170. The van der Waals surface area contributed by atoms with Gasteiger partial charge in [-0.3, -0.25) is 0 Å². The molecule has 2 N–H and O–H groups in total. The highest BCUT2D eigenvalue weighted by Crippen LogP contribution is 2.24. The standard InChI is InChI=1S/C15H19Cl2NO5/c1-15(2,3)23-14(21)18-12(13(19)20)8-22-7-9-10(16)5-4-6-11(9)17/h4-6,12H,7-8H2,1-3H3,(H,18,21)(H,19,20). The van der Waals surface area contributed by atoms with Crippen molar-refractivity contribution in [3.63, 3.8) is 0 Å². The number of carboxylic acids is 1. The van der Waals surface area contributed by atoms with Gasteiger partial charge in [0.2, 0.25) is 0 Å². The lowest BCUT2D eigenvalue weighted by molar-refractivity contribution is -0.141. The molecule has 0 aliphatic rings. The molecule has 1 aromatic rings. The summed E-state index contributed by atoms with van der Waals surface area (Å²) in [7, 11) is 0. The van der Waals surface area contributed by atoms with E-state index in [1.807, 2.05) is 0 Å². The monoisotopic (exact) mass is 363 g/mol. The van der Waals surface area contributed by atoms with E-state index in [1.54, 1.807) is 39.0 Å². The molecule has 0 radical (unpaired) electrons. The van der Waals surface area contributed by atoms with E-state index in [4.69, 9.17) is 37.8 Å². The third kappa shape index (κ3) is 7.07. The van der Waals surface area contributed by atoms with Gasteiger partial charge >= 0.3 is 12.1 Å². The van der Waals surface area contributed by atoms with Gasteiger partial charge in [0.25, 0.3) is 0 Å². The third-order valence-corrected chi connectivity index (χ3v) is 3.29. The van der Waals surface area contributed by atoms with E-state index in [1.165, 1.54) is 0 Å². The molecule has 0 bridgehead atoms. The van der Waals surface area contributed by atoms with Gasteiger partial charge in [0.05, 0.1) is 13.2 Å². The van der Waals surface area contributed by atoms with Gasteiger partial charge in [-0.05, 0) is 32.9 Å². The first-order chi connectivity index (χ1) is 10.6. The van der Waals surface area contributed by atoms with E-state index in [9.17, 15) is 9.59 Å². The zero-order chi connectivity index (χ0) is 17.6. The number of ether oxygens (including phenoxy) is 2. The second-order valence-electron chi connectivity index (χ2n) is 5.75. The lowest BCUT2D eigenvalue weighted by atomic mass is 10.2. The molecule has 1 unspecified atom stereocenters. The topological polar surface area (TPSA) is 84.9 Å². The molecular weight excluding hydrogens is 345 g/mol. The van der Waals surface area contributed by atoms with Crippen molar-refractivity contribution in [2.45, 2.75) is 39.0 Å². The van der Waals surface area contributed by atoms with Gasteiger partial charge in [-0.25, -0.2) is 9.59 Å². The number of amides is 1. The number of rotatable bonds is 6. The van der Waals surface area contributed by atoms with Gasteiger partial charge in [0, 0.05) is 15.6 Å². The Bertz CT molecular complexity index is 551. The van der Waals surface area contributed by atoms with E-state index in [2.05, 4.69) is 5.32 Å². The van der Waals surface area contributed by atoms with Crippen LogP contribution in [0, 0.1) is 0 Å². The van der Waals surface area contributed by atoms with E-state index in [-0.39, 0.29) is 13.2 Å². The van der Waals surface area contributed by atoms with Crippen LogP contribution in [0.3, 0.4) is 0 Å². The van der Waals surface area contributed by atoms with Gasteiger partial charge in [-0.2, -0.15) is 0 Å². The van der Waals surface area contributed by atoms with Gasteiger partial charge in [-0.1, -0.05) is 29.3 Å². The van der Waals surface area contributed by atoms with Crippen molar-refractivity contribution in [1.82, 2.24) is 5.32 Å². The molecule has 0 saturated heterocycles. The number of carboxylic acid groups (broad SMARTS) is 1. The molecular formula is C15H19Cl2NO5. The number of carbonyl (C=O) groups is 2. The molecule has 0 aromatic heterocycles. The van der Waals surface area contributed by atoms with Crippen molar-refractivity contribution in [3.05, 3.63) is 33.8 Å². The average Bonchev–Trinajstić information content (AvgIpc) is 2.38. The molecule has 0 spiro atoms. The lowest BCUT2D eigenvalue weighted by Gasteiger charge is -2.22. The van der Waals surface area contributed by atoms with Crippen LogP contribution < -0.4 is 5.32 Å². The number of nitrogens with one attached hydrogen (secondary N) is 1. The molecule has 0 saturated carbocycles. The number of carbonyl (C=O) groups excluding carboxylic acids is 1. The SMILES string of the molecule is CC(C)(C)OC(=O)NC(COCc1c(Cl)cccc1Cl)C(=O)O. The second-order valence-corrected chi connectivity index (χ2v) is 6.57. The van der Waals surface area contributed by atoms with Crippen LogP contribution in [-0.2, 0) is 20.9 Å².